The molecule has 4 rings (SSSR count). The first-order chi connectivity index (χ1) is 13.7. The molecule has 1 amide bonds. The summed E-state index contributed by atoms with van der Waals surface area (Å²) in [4.78, 5) is 13.0. The second kappa shape index (κ2) is 7.26. The molecule has 0 saturated carbocycles. The Morgan fingerprint density at radius 2 is 1.76 bits per heavy atom. The Labute approximate surface area is 173 Å². The third-order valence-electron chi connectivity index (χ3n) is 5.26. The van der Waals surface area contributed by atoms with Crippen LogP contribution in [-0.4, -0.2) is 19.9 Å². The van der Waals surface area contributed by atoms with Gasteiger partial charge in [0.1, 0.15) is 5.82 Å². The van der Waals surface area contributed by atoms with Gasteiger partial charge in [0.2, 0.25) is 0 Å². The Morgan fingerprint density at radius 3 is 2.41 bits per heavy atom. The molecule has 0 spiro atoms. The minimum absolute atomic E-state index is 0.0311. The van der Waals surface area contributed by atoms with E-state index < -0.39 is 10.8 Å². The number of carbonyl (C=O) groups is 1. The van der Waals surface area contributed by atoms with E-state index in [1.807, 2.05) is 55.5 Å². The Balaban J connectivity index is 1.70. The molecule has 29 heavy (non-hydrogen) atoms. The summed E-state index contributed by atoms with van der Waals surface area (Å²) in [6.07, 6.45) is 0. The van der Waals surface area contributed by atoms with Crippen molar-refractivity contribution in [2.24, 2.45) is 0 Å². The van der Waals surface area contributed by atoms with E-state index in [9.17, 15) is 9.00 Å². The summed E-state index contributed by atoms with van der Waals surface area (Å²) < 4.78 is 13.8. The van der Waals surface area contributed by atoms with E-state index >= 15 is 0 Å². The number of fused-ring (bicyclic) bond motifs is 1. The number of hydrogen-bond donors (Lipinski definition) is 1. The predicted octanol–water partition coefficient (Wildman–Crippen LogP) is 4.49. The number of anilines is 1. The zero-order valence-corrected chi connectivity index (χ0v) is 18.0. The van der Waals surface area contributed by atoms with Gasteiger partial charge in [-0.3, -0.25) is 9.00 Å². The number of aromatic nitrogens is 2. The van der Waals surface area contributed by atoms with Crippen LogP contribution in [0, 0.1) is 6.92 Å². The molecule has 1 atom stereocenters. The summed E-state index contributed by atoms with van der Waals surface area (Å²) in [6.45, 7) is 8.45. The smallest absolute Gasteiger partial charge is 0.256 e. The molecule has 0 fully saturated rings. The predicted molar refractivity (Wildman–Crippen MR) is 117 cm³/mol. The van der Waals surface area contributed by atoms with Crippen molar-refractivity contribution in [3.63, 3.8) is 0 Å². The fourth-order valence-corrected chi connectivity index (χ4v) is 4.80. The number of aryl methyl sites for hydroxylation is 1. The number of nitrogens with zero attached hydrogens (tertiary/aromatic N) is 2. The Morgan fingerprint density at radius 1 is 1.07 bits per heavy atom. The lowest BCUT2D eigenvalue weighted by atomic mass is 9.87. The van der Waals surface area contributed by atoms with Crippen LogP contribution in [-0.2, 0) is 27.7 Å². The van der Waals surface area contributed by atoms with Crippen LogP contribution in [0.1, 0.15) is 53.5 Å². The van der Waals surface area contributed by atoms with Crippen LogP contribution in [0.25, 0.3) is 5.69 Å². The lowest BCUT2D eigenvalue weighted by molar-refractivity contribution is 0.102. The van der Waals surface area contributed by atoms with Crippen LogP contribution in [0.15, 0.2) is 48.5 Å². The van der Waals surface area contributed by atoms with Crippen LogP contribution in [0.2, 0.25) is 0 Å². The second-order valence-electron chi connectivity index (χ2n) is 8.48. The van der Waals surface area contributed by atoms with Gasteiger partial charge >= 0.3 is 0 Å². The molecular formula is C23H25N3O2S. The largest absolute Gasteiger partial charge is 0.306 e. The molecule has 6 heteroatoms. The van der Waals surface area contributed by atoms with Gasteiger partial charge in [-0.25, -0.2) is 4.68 Å². The van der Waals surface area contributed by atoms with Crippen molar-refractivity contribution in [1.82, 2.24) is 9.78 Å². The van der Waals surface area contributed by atoms with Crippen molar-refractivity contribution < 1.29 is 9.00 Å². The van der Waals surface area contributed by atoms with E-state index in [2.05, 4.69) is 31.2 Å². The molecule has 1 aromatic heterocycles. The van der Waals surface area contributed by atoms with Crippen LogP contribution in [0.4, 0.5) is 5.82 Å². The first-order valence-electron chi connectivity index (χ1n) is 9.67. The molecule has 5 nitrogen and oxygen atoms in total. The molecule has 3 aromatic rings. The maximum Gasteiger partial charge on any atom is 0.256 e. The second-order valence-corrected chi connectivity index (χ2v) is 9.94. The number of hydrogen-bond acceptors (Lipinski definition) is 3. The first-order valence-corrected chi connectivity index (χ1v) is 11.2. The average Bonchev–Trinajstić information content (AvgIpc) is 3.18. The molecule has 0 saturated heterocycles. The van der Waals surface area contributed by atoms with E-state index in [4.69, 9.17) is 0 Å². The van der Waals surface area contributed by atoms with Crippen molar-refractivity contribution >= 4 is 22.5 Å². The zero-order chi connectivity index (χ0) is 20.8. The highest BCUT2D eigenvalue weighted by atomic mass is 32.2. The van der Waals surface area contributed by atoms with E-state index in [1.54, 1.807) is 4.68 Å². The highest BCUT2D eigenvalue weighted by molar-refractivity contribution is 7.83. The van der Waals surface area contributed by atoms with Gasteiger partial charge < -0.3 is 5.32 Å². The van der Waals surface area contributed by atoms with Gasteiger partial charge in [-0.05, 0) is 41.7 Å². The molecule has 0 unspecified atom stereocenters. The van der Waals surface area contributed by atoms with Crippen molar-refractivity contribution in [2.75, 3.05) is 5.32 Å². The minimum atomic E-state index is -0.968. The molecule has 0 radical (unpaired) electrons. The lowest BCUT2D eigenvalue weighted by Gasteiger charge is -2.19. The minimum Gasteiger partial charge on any atom is -0.306 e. The quantitative estimate of drug-likeness (QED) is 0.696. The van der Waals surface area contributed by atoms with Gasteiger partial charge in [0.25, 0.3) is 5.91 Å². The maximum absolute atomic E-state index is 13.0. The zero-order valence-electron chi connectivity index (χ0n) is 17.2. The van der Waals surface area contributed by atoms with Crippen LogP contribution in [0.3, 0.4) is 0 Å². The van der Waals surface area contributed by atoms with Crippen molar-refractivity contribution in [3.05, 3.63) is 76.5 Å². The number of benzene rings is 2. The van der Waals surface area contributed by atoms with Crippen molar-refractivity contribution in [1.29, 1.82) is 0 Å². The van der Waals surface area contributed by atoms with Gasteiger partial charge in [0, 0.05) is 21.9 Å². The average molecular weight is 408 g/mol. The molecule has 1 aliphatic heterocycles. The molecule has 150 valence electrons. The SMILES string of the molecule is Cc1ccccc1-n1nc2c(c1NC(=O)c1ccc(C(C)(C)C)cc1)C[S@@](=O)C2. The highest BCUT2D eigenvalue weighted by Gasteiger charge is 2.29. The molecule has 2 aromatic carbocycles. The molecular weight excluding hydrogens is 382 g/mol. The third-order valence-corrected chi connectivity index (χ3v) is 6.46. The van der Waals surface area contributed by atoms with Crippen LogP contribution >= 0.6 is 0 Å². The Kier molecular flexibility index (Phi) is 4.90. The van der Waals surface area contributed by atoms with Gasteiger partial charge in [0.15, 0.2) is 0 Å². The molecule has 1 aliphatic rings. The van der Waals surface area contributed by atoms with Gasteiger partial charge in [-0.15, -0.1) is 0 Å². The molecule has 0 aliphatic carbocycles. The number of amides is 1. The monoisotopic (exact) mass is 407 g/mol. The summed E-state index contributed by atoms with van der Waals surface area (Å²) >= 11 is 0. The summed E-state index contributed by atoms with van der Waals surface area (Å²) in [5, 5.41) is 7.71. The summed E-state index contributed by atoms with van der Waals surface area (Å²) in [6, 6.07) is 15.6. The van der Waals surface area contributed by atoms with E-state index in [0.29, 0.717) is 22.9 Å². The van der Waals surface area contributed by atoms with Crippen LogP contribution < -0.4 is 5.32 Å². The molecule has 2 heterocycles. The van der Waals surface area contributed by atoms with Gasteiger partial charge in [0.05, 0.1) is 22.9 Å². The normalized spacial score (nSPS) is 15.9. The number of para-hydroxylation sites is 1. The van der Waals surface area contributed by atoms with Gasteiger partial charge in [-0.1, -0.05) is 51.1 Å². The highest BCUT2D eigenvalue weighted by Crippen LogP contribution is 2.32. The topological polar surface area (TPSA) is 64.0 Å². The van der Waals surface area contributed by atoms with E-state index in [1.165, 1.54) is 5.56 Å². The Bertz CT molecular complexity index is 1110. The van der Waals surface area contributed by atoms with E-state index in [-0.39, 0.29) is 11.3 Å². The Hall–Kier alpha value is -2.73. The summed E-state index contributed by atoms with van der Waals surface area (Å²) in [7, 11) is -0.968. The molecule has 0 bridgehead atoms. The summed E-state index contributed by atoms with van der Waals surface area (Å²) in [5.41, 5.74) is 5.42. The van der Waals surface area contributed by atoms with E-state index in [0.717, 1.165) is 22.5 Å². The third kappa shape index (κ3) is 3.77. The van der Waals surface area contributed by atoms with Crippen LogP contribution in [0.5, 0.6) is 0 Å². The standard InChI is InChI=1S/C23H25N3O2S/c1-15-7-5-6-8-20(15)26-21(18-13-29(28)14-19(18)25-26)24-22(27)16-9-11-17(12-10-16)23(2,3)4/h5-12H,13-14H2,1-4H3,(H,24,27)/t29-/m1/s1. The summed E-state index contributed by atoms with van der Waals surface area (Å²) in [5.74, 6) is 1.27. The number of carbonyl (C=O) groups excluding carboxylic acids is 1. The number of rotatable bonds is 3. The lowest BCUT2D eigenvalue weighted by Crippen LogP contribution is -2.17. The fraction of sp³-hybridized carbons (Fsp3) is 0.304. The molecule has 1 N–H and O–H groups in total. The first kappa shape index (κ1) is 19.6. The van der Waals surface area contributed by atoms with Crippen molar-refractivity contribution in [3.8, 4) is 5.69 Å². The maximum atomic E-state index is 13.0. The van der Waals surface area contributed by atoms with Crippen molar-refractivity contribution in [2.45, 2.75) is 44.6 Å². The van der Waals surface area contributed by atoms with Gasteiger partial charge in [-0.2, -0.15) is 5.10 Å². The number of nitrogens with one attached hydrogen (secondary N) is 1. The fourth-order valence-electron chi connectivity index (χ4n) is 3.53.